The van der Waals surface area contributed by atoms with Gasteiger partial charge < -0.3 is 57.6 Å². The van der Waals surface area contributed by atoms with Crippen molar-refractivity contribution < 1.29 is 87.4 Å². The maximum atomic E-state index is 12.3. The standard InChI is InChI=1S/C20H23N7O5.2Na.H2O2S/c21-20-25-17-16(19(32)26-20)27(11-30)15(9-23-17)8-22-13-5-3-12(4-6-13)18(31)24-14(10-29)2-1-7-28;;;1-3-2/h3-7,10-11,14-15,22H,1-2,8-9H2,(H,24,31)(H4,21,23,25,26,32);;;1-2H/q;2*+1;/p-2. The zero-order chi connectivity index (χ0) is 25.8. The van der Waals surface area contributed by atoms with E-state index in [0.717, 1.165) is 0 Å². The molecule has 2 atom stereocenters. The monoisotopic (exact) mass is 551 g/mol. The molecule has 0 radical (unpaired) electrons. The number of nitrogens with zero attached hydrogens (tertiary/aromatic N) is 2. The molecule has 17 heteroatoms. The molecule has 14 nitrogen and oxygen atoms in total. The van der Waals surface area contributed by atoms with Gasteiger partial charge in [-0.3, -0.25) is 19.4 Å². The minimum absolute atomic E-state index is 0. The minimum Gasteiger partial charge on any atom is -0.811 e. The molecule has 3 rings (SSSR count). The summed E-state index contributed by atoms with van der Waals surface area (Å²) in [6.07, 6.45) is 2.29. The number of aromatic nitrogens is 2. The third kappa shape index (κ3) is 10.4. The Morgan fingerprint density at radius 3 is 2.46 bits per heavy atom. The molecule has 2 heterocycles. The molecule has 2 aromatic rings. The molecular formula is C20H23N7Na2O7S. The van der Waals surface area contributed by atoms with Crippen LogP contribution in [0.1, 0.15) is 23.2 Å². The number of amides is 2. The molecule has 0 fully saturated rings. The van der Waals surface area contributed by atoms with Gasteiger partial charge in [-0.1, -0.05) is 0 Å². The summed E-state index contributed by atoms with van der Waals surface area (Å²) in [5.41, 5.74) is 6.16. The molecule has 1 aliphatic rings. The van der Waals surface area contributed by atoms with Gasteiger partial charge >= 0.3 is 59.1 Å². The van der Waals surface area contributed by atoms with Crippen LogP contribution in [0.25, 0.3) is 0 Å². The quantitative estimate of drug-likeness (QED) is 0.106. The predicted molar refractivity (Wildman–Crippen MR) is 127 cm³/mol. The van der Waals surface area contributed by atoms with E-state index in [1.165, 1.54) is 4.90 Å². The number of aldehydes is 2. The second-order valence-electron chi connectivity index (χ2n) is 7.18. The van der Waals surface area contributed by atoms with Crippen molar-refractivity contribution in [1.82, 2.24) is 15.3 Å². The number of benzene rings is 1. The van der Waals surface area contributed by atoms with Crippen LogP contribution in [0.2, 0.25) is 0 Å². The Kier molecular flexibility index (Phi) is 17.4. The summed E-state index contributed by atoms with van der Waals surface area (Å²) < 4.78 is 16.6. The fourth-order valence-electron chi connectivity index (χ4n) is 3.30. The maximum absolute atomic E-state index is 12.3. The zero-order valence-corrected chi connectivity index (χ0v) is 25.1. The fraction of sp³-hybridized carbons (Fsp3) is 0.300. The van der Waals surface area contributed by atoms with Gasteiger partial charge in [0.15, 0.2) is 11.5 Å². The average molecular weight is 551 g/mol. The molecule has 6 N–H and O–H groups in total. The Balaban J connectivity index is 0.00000247. The van der Waals surface area contributed by atoms with E-state index in [4.69, 9.17) is 14.8 Å². The summed E-state index contributed by atoms with van der Waals surface area (Å²) in [7, 11) is 0. The minimum atomic E-state index is -0.750. The third-order valence-electron chi connectivity index (χ3n) is 4.95. The van der Waals surface area contributed by atoms with Crippen molar-refractivity contribution >= 4 is 60.4 Å². The summed E-state index contributed by atoms with van der Waals surface area (Å²) >= 11 is -0.750. The number of H-pyrrole nitrogens is 1. The Labute approximate surface area is 260 Å². The van der Waals surface area contributed by atoms with E-state index in [9.17, 15) is 24.0 Å². The van der Waals surface area contributed by atoms with Crippen LogP contribution in [0.5, 0.6) is 0 Å². The van der Waals surface area contributed by atoms with Crippen molar-refractivity contribution in [2.75, 3.05) is 34.4 Å². The van der Waals surface area contributed by atoms with Crippen LogP contribution >= 0.6 is 12.3 Å². The normalized spacial score (nSPS) is 14.0. The molecule has 0 saturated heterocycles. The van der Waals surface area contributed by atoms with Crippen molar-refractivity contribution in [1.29, 1.82) is 0 Å². The first-order valence-electron chi connectivity index (χ1n) is 10.2. The molecule has 0 spiro atoms. The van der Waals surface area contributed by atoms with Crippen molar-refractivity contribution in [2.24, 2.45) is 0 Å². The van der Waals surface area contributed by atoms with Gasteiger partial charge in [0.1, 0.15) is 12.6 Å². The molecule has 1 aliphatic heterocycles. The Bertz CT molecular complexity index is 1090. The van der Waals surface area contributed by atoms with Crippen molar-refractivity contribution in [3.63, 3.8) is 0 Å². The van der Waals surface area contributed by atoms with Crippen LogP contribution in [0, 0.1) is 0 Å². The topological polar surface area (TPSA) is 225 Å². The van der Waals surface area contributed by atoms with Gasteiger partial charge in [-0.05, 0) is 30.7 Å². The largest absolute Gasteiger partial charge is 1.00 e. The SMILES string of the molecule is Nc1nc2c(c(=O)[nH]1)N(C=O)C(CNc1ccc(C(=O)NC(C=O)CCC=O)cc1)CN2.[Na+].[Na+].[O-]S[O-]. The van der Waals surface area contributed by atoms with E-state index in [2.05, 4.69) is 25.9 Å². The summed E-state index contributed by atoms with van der Waals surface area (Å²) in [6.45, 7) is 0.669. The van der Waals surface area contributed by atoms with Crippen LogP contribution in [-0.4, -0.2) is 69.1 Å². The van der Waals surface area contributed by atoms with Gasteiger partial charge in [0.25, 0.3) is 11.5 Å². The first kappa shape index (κ1) is 35.0. The number of hydrogen-bond acceptors (Lipinski definition) is 12. The van der Waals surface area contributed by atoms with E-state index in [1.807, 2.05) is 0 Å². The van der Waals surface area contributed by atoms with Gasteiger partial charge in [-0.15, -0.1) is 0 Å². The fourth-order valence-corrected chi connectivity index (χ4v) is 3.30. The smallest absolute Gasteiger partial charge is 0.811 e. The Morgan fingerprint density at radius 1 is 1.24 bits per heavy atom. The van der Waals surface area contributed by atoms with Gasteiger partial charge in [-0.2, -0.15) is 4.98 Å². The predicted octanol–water partition coefficient (Wildman–Crippen LogP) is -6.51. The van der Waals surface area contributed by atoms with E-state index in [1.54, 1.807) is 24.3 Å². The number of carbonyl (C=O) groups excluding carboxylic acids is 4. The average Bonchev–Trinajstić information content (AvgIpc) is 2.85. The summed E-state index contributed by atoms with van der Waals surface area (Å²) in [5.74, 6) is -0.228. The second-order valence-corrected chi connectivity index (χ2v) is 7.32. The Hall–Kier alpha value is -1.95. The number of carbonyl (C=O) groups is 4. The van der Waals surface area contributed by atoms with Gasteiger partial charge in [0, 0.05) is 30.8 Å². The maximum Gasteiger partial charge on any atom is 1.00 e. The number of nitrogen functional groups attached to an aromatic ring is 1. The number of nitrogens with one attached hydrogen (secondary N) is 4. The molecule has 0 aliphatic carbocycles. The van der Waals surface area contributed by atoms with Crippen LogP contribution in [-0.2, 0) is 14.4 Å². The van der Waals surface area contributed by atoms with Crippen LogP contribution < -0.4 is 91.3 Å². The number of nitrogens with two attached hydrogens (primary N) is 1. The van der Waals surface area contributed by atoms with E-state index < -0.39 is 29.8 Å². The number of fused-ring (bicyclic) bond motifs is 1. The molecule has 37 heavy (non-hydrogen) atoms. The summed E-state index contributed by atoms with van der Waals surface area (Å²) in [4.78, 5) is 65.3. The zero-order valence-electron chi connectivity index (χ0n) is 20.3. The molecule has 0 bridgehead atoms. The molecule has 1 aromatic carbocycles. The summed E-state index contributed by atoms with van der Waals surface area (Å²) in [5, 5.41) is 8.73. The van der Waals surface area contributed by atoms with E-state index >= 15 is 0 Å². The first-order chi connectivity index (χ1) is 16.9. The Morgan fingerprint density at radius 2 is 1.89 bits per heavy atom. The van der Waals surface area contributed by atoms with E-state index in [-0.39, 0.29) is 95.5 Å². The van der Waals surface area contributed by atoms with Crippen LogP contribution in [0.3, 0.4) is 0 Å². The van der Waals surface area contributed by atoms with Gasteiger partial charge in [0.05, 0.1) is 12.1 Å². The summed E-state index contributed by atoms with van der Waals surface area (Å²) in [6, 6.07) is 5.43. The number of hydrogen-bond donors (Lipinski definition) is 5. The first-order valence-corrected chi connectivity index (χ1v) is 10.9. The third-order valence-corrected chi connectivity index (χ3v) is 4.95. The second kappa shape index (κ2) is 18.3. The van der Waals surface area contributed by atoms with Gasteiger partial charge in [0.2, 0.25) is 12.4 Å². The number of rotatable bonds is 10. The van der Waals surface area contributed by atoms with Crippen LogP contribution in [0.15, 0.2) is 29.1 Å². The van der Waals surface area contributed by atoms with Gasteiger partial charge in [-0.25, -0.2) is 0 Å². The van der Waals surface area contributed by atoms with E-state index in [0.29, 0.717) is 43.3 Å². The molecular weight excluding hydrogens is 528 g/mol. The van der Waals surface area contributed by atoms with Crippen LogP contribution in [0.4, 0.5) is 23.1 Å². The molecule has 2 amide bonds. The van der Waals surface area contributed by atoms with Crippen molar-refractivity contribution in [3.05, 3.63) is 40.2 Å². The number of anilines is 4. The van der Waals surface area contributed by atoms with Crippen molar-refractivity contribution in [3.8, 4) is 0 Å². The van der Waals surface area contributed by atoms with Crippen molar-refractivity contribution in [2.45, 2.75) is 24.9 Å². The molecule has 1 aromatic heterocycles. The molecule has 2 unspecified atom stereocenters. The number of aromatic amines is 1. The molecule has 0 saturated carbocycles. The molecule has 188 valence electrons.